The van der Waals surface area contributed by atoms with Crippen molar-refractivity contribution >= 4 is 17.5 Å². The summed E-state index contributed by atoms with van der Waals surface area (Å²) in [5.41, 5.74) is 6.37. The largest absolute Gasteiger partial charge is 0.349 e. The zero-order valence-corrected chi connectivity index (χ0v) is 11.7. The Balaban J connectivity index is 2.78. The average molecular weight is 269 g/mol. The highest BCUT2D eigenvalue weighted by molar-refractivity contribution is 6.31. The van der Waals surface area contributed by atoms with Crippen LogP contribution in [0.3, 0.4) is 0 Å². The van der Waals surface area contributed by atoms with Crippen molar-refractivity contribution in [2.24, 2.45) is 11.7 Å². The van der Waals surface area contributed by atoms with E-state index >= 15 is 0 Å². The van der Waals surface area contributed by atoms with Crippen LogP contribution in [0.15, 0.2) is 24.3 Å². The van der Waals surface area contributed by atoms with Crippen molar-refractivity contribution < 1.29 is 4.79 Å². The lowest BCUT2D eigenvalue weighted by molar-refractivity contribution is -0.122. The van der Waals surface area contributed by atoms with E-state index in [2.05, 4.69) is 19.2 Å². The highest BCUT2D eigenvalue weighted by atomic mass is 35.5. The number of rotatable bonds is 6. The van der Waals surface area contributed by atoms with Crippen LogP contribution in [-0.2, 0) is 4.79 Å². The van der Waals surface area contributed by atoms with Gasteiger partial charge in [-0.3, -0.25) is 4.79 Å². The molecule has 0 spiro atoms. The summed E-state index contributed by atoms with van der Waals surface area (Å²) < 4.78 is 0. The molecular weight excluding hydrogens is 248 g/mol. The summed E-state index contributed by atoms with van der Waals surface area (Å²) in [6.45, 7) is 4.67. The van der Waals surface area contributed by atoms with E-state index in [0.29, 0.717) is 24.4 Å². The van der Waals surface area contributed by atoms with Crippen molar-refractivity contribution in [3.05, 3.63) is 34.9 Å². The van der Waals surface area contributed by atoms with Gasteiger partial charge in [-0.2, -0.15) is 0 Å². The minimum atomic E-state index is -0.0519. The minimum absolute atomic E-state index is 0.0269. The molecule has 0 radical (unpaired) electrons. The molecule has 0 aliphatic rings. The molecule has 4 heteroatoms. The molecule has 0 aliphatic carbocycles. The van der Waals surface area contributed by atoms with Gasteiger partial charge < -0.3 is 11.1 Å². The maximum atomic E-state index is 11.8. The molecule has 0 bridgehead atoms. The molecule has 18 heavy (non-hydrogen) atoms. The van der Waals surface area contributed by atoms with Crippen molar-refractivity contribution in [1.29, 1.82) is 0 Å². The van der Waals surface area contributed by atoms with E-state index in [4.69, 9.17) is 17.3 Å². The van der Waals surface area contributed by atoms with Gasteiger partial charge in [0.25, 0.3) is 0 Å². The number of nitrogens with two attached hydrogens (primary N) is 1. The second kappa shape index (κ2) is 7.39. The molecule has 0 saturated carbocycles. The number of carbonyl (C=O) groups is 1. The van der Waals surface area contributed by atoms with Crippen molar-refractivity contribution in [3.63, 3.8) is 0 Å². The highest BCUT2D eigenvalue weighted by Gasteiger charge is 2.19. The van der Waals surface area contributed by atoms with Crippen LogP contribution in [0.4, 0.5) is 0 Å². The summed E-state index contributed by atoms with van der Waals surface area (Å²) in [5, 5.41) is 3.72. The van der Waals surface area contributed by atoms with Gasteiger partial charge in [0, 0.05) is 11.4 Å². The number of hydrogen-bond donors (Lipinski definition) is 2. The van der Waals surface area contributed by atoms with E-state index in [-0.39, 0.29) is 17.9 Å². The fraction of sp³-hybridized carbons (Fsp3) is 0.500. The van der Waals surface area contributed by atoms with Crippen molar-refractivity contribution in [3.8, 4) is 0 Å². The second-order valence-electron chi connectivity index (χ2n) is 4.70. The number of hydrogen-bond acceptors (Lipinski definition) is 2. The zero-order valence-electron chi connectivity index (χ0n) is 10.9. The van der Waals surface area contributed by atoms with Crippen LogP contribution in [-0.4, -0.2) is 12.5 Å². The number of benzene rings is 1. The second-order valence-corrected chi connectivity index (χ2v) is 5.11. The molecule has 1 rings (SSSR count). The van der Waals surface area contributed by atoms with E-state index in [1.807, 2.05) is 24.3 Å². The lowest BCUT2D eigenvalue weighted by atomic mass is 9.95. The van der Waals surface area contributed by atoms with Crippen molar-refractivity contribution in [1.82, 2.24) is 5.32 Å². The van der Waals surface area contributed by atoms with Crippen LogP contribution in [0, 0.1) is 5.92 Å². The van der Waals surface area contributed by atoms with Crippen LogP contribution >= 0.6 is 11.6 Å². The molecule has 1 unspecified atom stereocenters. The smallest absolute Gasteiger partial charge is 0.220 e. The third kappa shape index (κ3) is 4.31. The Morgan fingerprint density at radius 2 is 2.06 bits per heavy atom. The Labute approximate surface area is 114 Å². The van der Waals surface area contributed by atoms with Crippen LogP contribution in [0.2, 0.25) is 5.02 Å². The highest BCUT2D eigenvalue weighted by Crippen LogP contribution is 2.28. The quantitative estimate of drug-likeness (QED) is 0.834. The molecule has 0 fully saturated rings. The number of nitrogens with one attached hydrogen (secondary N) is 1. The fourth-order valence-electron chi connectivity index (χ4n) is 1.84. The number of amides is 1. The average Bonchev–Trinajstić information content (AvgIpc) is 2.34. The summed E-state index contributed by atoms with van der Waals surface area (Å²) in [7, 11) is 0. The standard InChI is InChI=1S/C14H21ClN2O/c1-10(2)14(17-13(18)8-5-9-16)11-6-3-4-7-12(11)15/h3-4,6-7,10,14H,5,8-9,16H2,1-2H3,(H,17,18). The Bertz CT molecular complexity index is 393. The van der Waals surface area contributed by atoms with E-state index in [1.165, 1.54) is 0 Å². The molecule has 1 amide bonds. The van der Waals surface area contributed by atoms with Gasteiger partial charge in [-0.25, -0.2) is 0 Å². The zero-order chi connectivity index (χ0) is 13.5. The molecule has 1 atom stereocenters. The summed E-state index contributed by atoms with van der Waals surface area (Å²) in [5.74, 6) is 0.311. The molecular formula is C14H21ClN2O. The van der Waals surface area contributed by atoms with Gasteiger partial charge in [-0.05, 0) is 30.5 Å². The van der Waals surface area contributed by atoms with Crippen LogP contribution in [0.5, 0.6) is 0 Å². The topological polar surface area (TPSA) is 55.1 Å². The van der Waals surface area contributed by atoms with Gasteiger partial charge in [0.05, 0.1) is 6.04 Å². The predicted molar refractivity (Wildman–Crippen MR) is 75.5 cm³/mol. The Morgan fingerprint density at radius 1 is 1.39 bits per heavy atom. The minimum Gasteiger partial charge on any atom is -0.349 e. The van der Waals surface area contributed by atoms with E-state index in [0.717, 1.165) is 5.56 Å². The van der Waals surface area contributed by atoms with Crippen LogP contribution in [0.25, 0.3) is 0 Å². The van der Waals surface area contributed by atoms with E-state index in [9.17, 15) is 4.79 Å². The molecule has 0 aromatic heterocycles. The van der Waals surface area contributed by atoms with E-state index < -0.39 is 0 Å². The van der Waals surface area contributed by atoms with Crippen molar-refractivity contribution in [2.45, 2.75) is 32.7 Å². The van der Waals surface area contributed by atoms with Gasteiger partial charge in [0.2, 0.25) is 5.91 Å². The first-order chi connectivity index (χ1) is 8.56. The normalized spacial score (nSPS) is 12.5. The summed E-state index contributed by atoms with van der Waals surface area (Å²) in [6, 6.07) is 7.57. The Morgan fingerprint density at radius 3 is 2.61 bits per heavy atom. The first-order valence-electron chi connectivity index (χ1n) is 6.30. The molecule has 0 saturated heterocycles. The number of halogens is 1. The third-order valence-corrected chi connectivity index (χ3v) is 3.18. The van der Waals surface area contributed by atoms with E-state index in [1.54, 1.807) is 0 Å². The van der Waals surface area contributed by atoms with Gasteiger partial charge in [0.1, 0.15) is 0 Å². The molecule has 100 valence electrons. The van der Waals surface area contributed by atoms with Gasteiger partial charge >= 0.3 is 0 Å². The summed E-state index contributed by atoms with van der Waals surface area (Å²) >= 11 is 6.18. The molecule has 3 N–H and O–H groups in total. The SMILES string of the molecule is CC(C)C(NC(=O)CCCN)c1ccccc1Cl. The third-order valence-electron chi connectivity index (χ3n) is 2.83. The van der Waals surface area contributed by atoms with Gasteiger partial charge in [-0.15, -0.1) is 0 Å². The Hall–Kier alpha value is -1.06. The maximum absolute atomic E-state index is 11.8. The molecule has 1 aromatic rings. The Kier molecular flexibility index (Phi) is 6.16. The molecule has 1 aromatic carbocycles. The predicted octanol–water partition coefficient (Wildman–Crippen LogP) is 2.89. The fourth-order valence-corrected chi connectivity index (χ4v) is 2.09. The first kappa shape index (κ1) is 15.0. The van der Waals surface area contributed by atoms with Gasteiger partial charge in [-0.1, -0.05) is 43.6 Å². The number of carbonyl (C=O) groups excluding carboxylic acids is 1. The molecule has 0 heterocycles. The monoisotopic (exact) mass is 268 g/mol. The van der Waals surface area contributed by atoms with Gasteiger partial charge in [0.15, 0.2) is 0 Å². The van der Waals surface area contributed by atoms with Crippen LogP contribution in [0.1, 0.15) is 38.3 Å². The lowest BCUT2D eigenvalue weighted by Crippen LogP contribution is -2.32. The van der Waals surface area contributed by atoms with Crippen molar-refractivity contribution in [2.75, 3.05) is 6.54 Å². The summed E-state index contributed by atoms with van der Waals surface area (Å²) in [6.07, 6.45) is 1.17. The maximum Gasteiger partial charge on any atom is 0.220 e. The molecule has 3 nitrogen and oxygen atoms in total. The van der Waals surface area contributed by atoms with Crippen LogP contribution < -0.4 is 11.1 Å². The first-order valence-corrected chi connectivity index (χ1v) is 6.68. The lowest BCUT2D eigenvalue weighted by Gasteiger charge is -2.24. The summed E-state index contributed by atoms with van der Waals surface area (Å²) in [4.78, 5) is 11.8. The molecule has 0 aliphatic heterocycles.